The first kappa shape index (κ1) is 9.31. The Morgan fingerprint density at radius 1 is 1.33 bits per heavy atom. The van der Waals surface area contributed by atoms with Gasteiger partial charge in [0, 0.05) is 11.6 Å². The lowest BCUT2D eigenvalue weighted by Crippen LogP contribution is -1.92. The van der Waals surface area contributed by atoms with E-state index in [1.807, 2.05) is 11.4 Å². The Kier molecular flexibility index (Phi) is 2.22. The summed E-state index contributed by atoms with van der Waals surface area (Å²) >= 11 is 7.60. The molecule has 2 aromatic rings. The van der Waals surface area contributed by atoms with E-state index >= 15 is 0 Å². The Labute approximate surface area is 97.0 Å². The molecule has 1 aliphatic carbocycles. The topological polar surface area (TPSA) is 25.8 Å². The van der Waals surface area contributed by atoms with Crippen molar-refractivity contribution >= 4 is 22.9 Å². The molecule has 0 saturated heterocycles. The second-order valence-corrected chi connectivity index (χ2v) is 4.98. The van der Waals surface area contributed by atoms with Crippen LogP contribution in [-0.4, -0.2) is 9.97 Å². The van der Waals surface area contributed by atoms with Crippen molar-refractivity contribution in [1.29, 1.82) is 0 Å². The molecule has 3 rings (SSSR count). The van der Waals surface area contributed by atoms with Gasteiger partial charge < -0.3 is 0 Å². The van der Waals surface area contributed by atoms with Gasteiger partial charge in [-0.3, -0.25) is 0 Å². The number of nitrogens with zero attached hydrogens (tertiary/aromatic N) is 2. The fraction of sp³-hybridized carbons (Fsp3) is 0.273. The zero-order valence-corrected chi connectivity index (χ0v) is 9.55. The van der Waals surface area contributed by atoms with Crippen LogP contribution in [0.5, 0.6) is 0 Å². The van der Waals surface area contributed by atoms with Crippen LogP contribution >= 0.6 is 22.9 Å². The van der Waals surface area contributed by atoms with Crippen LogP contribution in [0.3, 0.4) is 0 Å². The average molecular weight is 237 g/mol. The predicted octanol–water partition coefficient (Wildman–Crippen LogP) is 3.74. The lowest BCUT2D eigenvalue weighted by Gasteiger charge is -2.01. The number of halogens is 1. The molecular weight excluding hydrogens is 228 g/mol. The number of rotatable bonds is 2. The number of aromatic nitrogens is 2. The molecule has 2 aromatic heterocycles. The van der Waals surface area contributed by atoms with Crippen molar-refractivity contribution in [3.05, 3.63) is 34.6 Å². The highest BCUT2D eigenvalue weighted by molar-refractivity contribution is 7.13. The first-order valence-corrected chi connectivity index (χ1v) is 6.17. The van der Waals surface area contributed by atoms with E-state index in [0.29, 0.717) is 11.2 Å². The number of thiophene rings is 1. The van der Waals surface area contributed by atoms with Crippen LogP contribution in [0.2, 0.25) is 5.28 Å². The van der Waals surface area contributed by atoms with Gasteiger partial charge in [-0.1, -0.05) is 6.07 Å². The third-order valence-corrected chi connectivity index (χ3v) is 3.55. The maximum absolute atomic E-state index is 5.92. The molecular formula is C11H9ClN2S. The summed E-state index contributed by atoms with van der Waals surface area (Å²) in [6.45, 7) is 0. The van der Waals surface area contributed by atoms with Gasteiger partial charge in [0.1, 0.15) is 0 Å². The fourth-order valence-corrected chi connectivity index (χ4v) is 2.45. The molecule has 1 fully saturated rings. The summed E-state index contributed by atoms with van der Waals surface area (Å²) in [7, 11) is 0. The Morgan fingerprint density at radius 2 is 2.20 bits per heavy atom. The van der Waals surface area contributed by atoms with Crippen LogP contribution in [0.4, 0.5) is 0 Å². The monoisotopic (exact) mass is 236 g/mol. The Balaban J connectivity index is 2.07. The van der Waals surface area contributed by atoms with Gasteiger partial charge in [-0.25, -0.2) is 9.97 Å². The Bertz CT molecular complexity index is 477. The van der Waals surface area contributed by atoms with E-state index in [2.05, 4.69) is 22.1 Å². The molecule has 0 aromatic carbocycles. The molecule has 0 amide bonds. The van der Waals surface area contributed by atoms with Crippen LogP contribution < -0.4 is 0 Å². The molecule has 0 unspecified atom stereocenters. The number of hydrogen-bond acceptors (Lipinski definition) is 3. The van der Waals surface area contributed by atoms with Crippen molar-refractivity contribution < 1.29 is 0 Å². The summed E-state index contributed by atoms with van der Waals surface area (Å²) in [6, 6.07) is 6.14. The maximum Gasteiger partial charge on any atom is 0.223 e. The molecule has 2 heterocycles. The summed E-state index contributed by atoms with van der Waals surface area (Å²) in [5, 5.41) is 2.41. The van der Waals surface area contributed by atoms with Crippen molar-refractivity contribution in [1.82, 2.24) is 9.97 Å². The largest absolute Gasteiger partial charge is 0.223 e. The minimum Gasteiger partial charge on any atom is -0.223 e. The first-order chi connectivity index (χ1) is 7.33. The minimum absolute atomic E-state index is 0.364. The molecule has 1 saturated carbocycles. The van der Waals surface area contributed by atoms with E-state index < -0.39 is 0 Å². The maximum atomic E-state index is 5.92. The SMILES string of the molecule is Clc1nc(-c2cccs2)cc(C2CC2)n1. The van der Waals surface area contributed by atoms with Gasteiger partial charge in [0.15, 0.2) is 0 Å². The zero-order valence-electron chi connectivity index (χ0n) is 7.98. The summed E-state index contributed by atoms with van der Waals surface area (Å²) in [5.74, 6) is 0.615. The van der Waals surface area contributed by atoms with Crippen LogP contribution in [-0.2, 0) is 0 Å². The first-order valence-electron chi connectivity index (χ1n) is 4.91. The molecule has 0 aliphatic heterocycles. The molecule has 4 heteroatoms. The Morgan fingerprint density at radius 3 is 2.87 bits per heavy atom. The highest BCUT2D eigenvalue weighted by atomic mass is 35.5. The highest BCUT2D eigenvalue weighted by Gasteiger charge is 2.26. The fourth-order valence-electron chi connectivity index (χ4n) is 1.57. The summed E-state index contributed by atoms with van der Waals surface area (Å²) in [4.78, 5) is 9.67. The quantitative estimate of drug-likeness (QED) is 0.743. The van der Waals surface area contributed by atoms with Gasteiger partial charge in [-0.2, -0.15) is 0 Å². The summed E-state index contributed by atoms with van der Waals surface area (Å²) in [6.07, 6.45) is 2.47. The standard InChI is InChI=1S/C11H9ClN2S/c12-11-13-8(7-3-4-7)6-9(14-11)10-2-1-5-15-10/h1-2,5-7H,3-4H2. The zero-order chi connectivity index (χ0) is 10.3. The van der Waals surface area contributed by atoms with Crippen LogP contribution in [0.25, 0.3) is 10.6 Å². The van der Waals surface area contributed by atoms with Crippen LogP contribution in [0.15, 0.2) is 23.6 Å². The van der Waals surface area contributed by atoms with E-state index in [0.717, 1.165) is 16.3 Å². The lowest BCUT2D eigenvalue weighted by atomic mass is 10.2. The van der Waals surface area contributed by atoms with Gasteiger partial charge in [-0.05, 0) is 42.0 Å². The van der Waals surface area contributed by atoms with Crippen molar-refractivity contribution in [2.75, 3.05) is 0 Å². The third kappa shape index (κ3) is 1.90. The Hall–Kier alpha value is -0.930. The average Bonchev–Trinajstić information content (AvgIpc) is 2.93. The molecule has 0 spiro atoms. The third-order valence-electron chi connectivity index (χ3n) is 2.49. The van der Waals surface area contributed by atoms with Crippen molar-refractivity contribution in [3.63, 3.8) is 0 Å². The van der Waals surface area contributed by atoms with Gasteiger partial charge in [-0.15, -0.1) is 11.3 Å². The van der Waals surface area contributed by atoms with Crippen LogP contribution in [0.1, 0.15) is 24.5 Å². The van der Waals surface area contributed by atoms with Gasteiger partial charge in [0.2, 0.25) is 5.28 Å². The van der Waals surface area contributed by atoms with E-state index in [4.69, 9.17) is 11.6 Å². The molecule has 1 aliphatic rings. The predicted molar refractivity (Wildman–Crippen MR) is 62.3 cm³/mol. The molecule has 2 nitrogen and oxygen atoms in total. The van der Waals surface area contributed by atoms with Gasteiger partial charge in [0.25, 0.3) is 0 Å². The van der Waals surface area contributed by atoms with E-state index in [9.17, 15) is 0 Å². The van der Waals surface area contributed by atoms with Gasteiger partial charge in [0.05, 0.1) is 10.6 Å². The minimum atomic E-state index is 0.364. The molecule has 0 radical (unpaired) electrons. The van der Waals surface area contributed by atoms with E-state index in [1.165, 1.54) is 12.8 Å². The molecule has 0 atom stereocenters. The van der Waals surface area contributed by atoms with Crippen LogP contribution in [0, 0.1) is 0 Å². The normalized spacial score (nSPS) is 15.5. The second kappa shape index (κ2) is 3.58. The molecule has 0 bridgehead atoms. The second-order valence-electron chi connectivity index (χ2n) is 3.70. The lowest BCUT2D eigenvalue weighted by molar-refractivity contribution is 0.992. The summed E-state index contributed by atoms with van der Waals surface area (Å²) < 4.78 is 0. The molecule has 15 heavy (non-hydrogen) atoms. The van der Waals surface area contributed by atoms with E-state index in [1.54, 1.807) is 11.3 Å². The van der Waals surface area contributed by atoms with Crippen molar-refractivity contribution in [2.45, 2.75) is 18.8 Å². The number of hydrogen-bond donors (Lipinski definition) is 0. The van der Waals surface area contributed by atoms with Gasteiger partial charge >= 0.3 is 0 Å². The van der Waals surface area contributed by atoms with Crippen molar-refractivity contribution in [3.8, 4) is 10.6 Å². The summed E-state index contributed by atoms with van der Waals surface area (Å²) in [5.41, 5.74) is 2.05. The molecule has 76 valence electrons. The highest BCUT2D eigenvalue weighted by Crippen LogP contribution is 2.40. The molecule has 0 N–H and O–H groups in total. The van der Waals surface area contributed by atoms with Crippen molar-refractivity contribution in [2.24, 2.45) is 0 Å². The smallest absolute Gasteiger partial charge is 0.223 e. The van der Waals surface area contributed by atoms with E-state index in [-0.39, 0.29) is 0 Å².